The minimum absolute atomic E-state index is 0.0464. The summed E-state index contributed by atoms with van der Waals surface area (Å²) in [7, 11) is 0. The third-order valence-corrected chi connectivity index (χ3v) is 3.02. The summed E-state index contributed by atoms with van der Waals surface area (Å²) in [5, 5.41) is 17.9. The molecule has 0 heterocycles. The van der Waals surface area contributed by atoms with Crippen LogP contribution in [0.15, 0.2) is 59.7 Å². The second kappa shape index (κ2) is 7.84. The first-order valence-electron chi connectivity index (χ1n) is 6.50. The summed E-state index contributed by atoms with van der Waals surface area (Å²) < 4.78 is 0. The fourth-order valence-corrected chi connectivity index (χ4v) is 1.79. The molecule has 0 spiro atoms. The maximum atomic E-state index is 10.5. The zero-order valence-electron chi connectivity index (χ0n) is 11.6. The van der Waals surface area contributed by atoms with Gasteiger partial charge in [-0.25, -0.2) is 0 Å². The lowest BCUT2D eigenvalue weighted by Gasteiger charge is -2.06. The van der Waals surface area contributed by atoms with E-state index in [2.05, 4.69) is 15.8 Å². The summed E-state index contributed by atoms with van der Waals surface area (Å²) in [5.41, 5.74) is 4.60. The summed E-state index contributed by atoms with van der Waals surface area (Å²) in [4.78, 5) is 10.1. The molecule has 2 N–H and O–H groups in total. The van der Waals surface area contributed by atoms with Crippen LogP contribution >= 0.6 is 12.2 Å². The molecule has 0 bridgehead atoms. The van der Waals surface area contributed by atoms with Crippen molar-refractivity contribution in [3.63, 3.8) is 0 Å². The summed E-state index contributed by atoms with van der Waals surface area (Å²) in [5.74, 6) is 0. The zero-order valence-corrected chi connectivity index (χ0v) is 12.4. The van der Waals surface area contributed by atoms with Crippen molar-refractivity contribution >= 4 is 29.2 Å². The van der Waals surface area contributed by atoms with E-state index in [0.29, 0.717) is 11.7 Å². The second-order valence-corrected chi connectivity index (χ2v) is 4.80. The number of nitrogens with one attached hydrogen (secondary N) is 2. The molecule has 2 aromatic carbocycles. The van der Waals surface area contributed by atoms with Crippen LogP contribution < -0.4 is 10.7 Å². The molecule has 0 saturated carbocycles. The molecule has 2 aromatic rings. The Hall–Kier alpha value is -2.80. The number of nitro benzene ring substituents is 1. The Morgan fingerprint density at radius 2 is 1.86 bits per heavy atom. The molecule has 0 unspecified atom stereocenters. The number of rotatable bonds is 5. The molecule has 7 heteroatoms. The van der Waals surface area contributed by atoms with Crippen molar-refractivity contribution in [2.45, 2.75) is 6.54 Å². The molecule has 6 nitrogen and oxygen atoms in total. The minimum atomic E-state index is -0.443. The number of benzene rings is 2. The molecule has 0 amide bonds. The molecular weight excluding hydrogens is 300 g/mol. The van der Waals surface area contributed by atoms with Gasteiger partial charge in [0.2, 0.25) is 0 Å². The molecule has 0 aliphatic heterocycles. The standard InChI is InChI=1S/C15H14N4O2S/c20-19(21)14-8-6-13(7-9-14)11-17-18-15(22)16-10-12-4-2-1-3-5-12/h1-9,11H,10H2,(H2,16,18,22). The molecule has 0 radical (unpaired) electrons. The lowest BCUT2D eigenvalue weighted by molar-refractivity contribution is -0.384. The third-order valence-electron chi connectivity index (χ3n) is 2.78. The first-order valence-corrected chi connectivity index (χ1v) is 6.91. The highest BCUT2D eigenvalue weighted by Gasteiger charge is 2.02. The average molecular weight is 314 g/mol. The van der Waals surface area contributed by atoms with Gasteiger partial charge in [0.05, 0.1) is 11.1 Å². The van der Waals surface area contributed by atoms with Crippen LogP contribution in [0.2, 0.25) is 0 Å². The van der Waals surface area contributed by atoms with E-state index in [1.54, 1.807) is 18.3 Å². The summed E-state index contributed by atoms with van der Waals surface area (Å²) in [6.07, 6.45) is 1.54. The van der Waals surface area contributed by atoms with E-state index < -0.39 is 4.92 Å². The van der Waals surface area contributed by atoms with Crippen molar-refractivity contribution in [2.75, 3.05) is 0 Å². The van der Waals surface area contributed by atoms with Crippen LogP contribution in [0.5, 0.6) is 0 Å². The van der Waals surface area contributed by atoms with Crippen LogP contribution in [-0.4, -0.2) is 16.3 Å². The fourth-order valence-electron chi connectivity index (χ4n) is 1.67. The van der Waals surface area contributed by atoms with Crippen molar-refractivity contribution in [2.24, 2.45) is 5.10 Å². The van der Waals surface area contributed by atoms with Crippen LogP contribution in [0, 0.1) is 10.1 Å². The Kier molecular flexibility index (Phi) is 5.56. The Labute approximate surface area is 133 Å². The number of nitrogens with zero attached hydrogens (tertiary/aromatic N) is 2. The topological polar surface area (TPSA) is 79.6 Å². The van der Waals surface area contributed by atoms with Crippen molar-refractivity contribution in [1.29, 1.82) is 0 Å². The quantitative estimate of drug-likeness (QED) is 0.384. The summed E-state index contributed by atoms with van der Waals surface area (Å²) in [6, 6.07) is 15.9. The van der Waals surface area contributed by atoms with Gasteiger partial charge in [0.1, 0.15) is 0 Å². The Balaban J connectivity index is 1.79. The Morgan fingerprint density at radius 1 is 1.18 bits per heavy atom. The molecule has 0 saturated heterocycles. The molecule has 0 aliphatic rings. The van der Waals surface area contributed by atoms with Gasteiger partial charge < -0.3 is 5.32 Å². The number of non-ortho nitro benzene ring substituents is 1. The third kappa shape index (κ3) is 4.95. The lowest BCUT2D eigenvalue weighted by Crippen LogP contribution is -2.31. The van der Waals surface area contributed by atoms with Crippen molar-refractivity contribution in [3.05, 3.63) is 75.8 Å². The average Bonchev–Trinajstić information content (AvgIpc) is 2.54. The molecular formula is C15H14N4O2S. The predicted octanol–water partition coefficient (Wildman–Crippen LogP) is 2.59. The van der Waals surface area contributed by atoms with E-state index in [1.165, 1.54) is 12.1 Å². The second-order valence-electron chi connectivity index (χ2n) is 4.39. The maximum Gasteiger partial charge on any atom is 0.269 e. The van der Waals surface area contributed by atoms with Gasteiger partial charge in [-0.15, -0.1) is 0 Å². The van der Waals surface area contributed by atoms with Gasteiger partial charge in [0, 0.05) is 18.7 Å². The summed E-state index contributed by atoms with van der Waals surface area (Å²) >= 11 is 5.10. The molecule has 0 aromatic heterocycles. The largest absolute Gasteiger partial charge is 0.357 e. The summed E-state index contributed by atoms with van der Waals surface area (Å²) in [6.45, 7) is 0.611. The number of thiocarbonyl (C=S) groups is 1. The molecule has 22 heavy (non-hydrogen) atoms. The highest BCUT2D eigenvalue weighted by molar-refractivity contribution is 7.80. The van der Waals surface area contributed by atoms with E-state index in [1.807, 2.05) is 30.3 Å². The van der Waals surface area contributed by atoms with Crippen LogP contribution in [-0.2, 0) is 6.54 Å². The molecule has 112 valence electrons. The van der Waals surface area contributed by atoms with E-state index in [4.69, 9.17) is 12.2 Å². The van der Waals surface area contributed by atoms with Gasteiger partial charge in [-0.3, -0.25) is 15.5 Å². The predicted molar refractivity (Wildman–Crippen MR) is 89.7 cm³/mol. The van der Waals surface area contributed by atoms with Crippen LogP contribution in [0.25, 0.3) is 0 Å². The molecule has 2 rings (SSSR count). The monoisotopic (exact) mass is 314 g/mol. The van der Waals surface area contributed by atoms with E-state index in [0.717, 1.165) is 11.1 Å². The fraction of sp³-hybridized carbons (Fsp3) is 0.0667. The molecule has 0 atom stereocenters. The number of hydrogen-bond acceptors (Lipinski definition) is 4. The van der Waals surface area contributed by atoms with Gasteiger partial charge in [-0.2, -0.15) is 5.10 Å². The minimum Gasteiger partial charge on any atom is -0.357 e. The highest BCUT2D eigenvalue weighted by atomic mass is 32.1. The Morgan fingerprint density at radius 3 is 2.50 bits per heavy atom. The van der Waals surface area contributed by atoms with Gasteiger partial charge in [-0.1, -0.05) is 30.3 Å². The van der Waals surface area contributed by atoms with Gasteiger partial charge in [0.25, 0.3) is 5.69 Å². The van der Waals surface area contributed by atoms with Crippen LogP contribution in [0.1, 0.15) is 11.1 Å². The van der Waals surface area contributed by atoms with Gasteiger partial charge in [-0.05, 0) is 35.5 Å². The van der Waals surface area contributed by atoms with E-state index in [9.17, 15) is 10.1 Å². The van der Waals surface area contributed by atoms with Crippen molar-refractivity contribution < 1.29 is 4.92 Å². The SMILES string of the molecule is O=[N+]([O-])c1ccc(C=NNC(=S)NCc2ccccc2)cc1. The number of hydrazone groups is 1. The molecule has 0 fully saturated rings. The van der Waals surface area contributed by atoms with E-state index >= 15 is 0 Å². The Bertz CT molecular complexity index is 672. The highest BCUT2D eigenvalue weighted by Crippen LogP contribution is 2.10. The van der Waals surface area contributed by atoms with Crippen LogP contribution in [0.3, 0.4) is 0 Å². The number of hydrogen-bond donors (Lipinski definition) is 2. The van der Waals surface area contributed by atoms with Gasteiger partial charge in [0.15, 0.2) is 5.11 Å². The normalized spacial score (nSPS) is 10.4. The molecule has 0 aliphatic carbocycles. The van der Waals surface area contributed by atoms with Crippen LogP contribution in [0.4, 0.5) is 5.69 Å². The first kappa shape index (κ1) is 15.6. The first-order chi connectivity index (χ1) is 10.6. The number of nitro groups is 1. The van der Waals surface area contributed by atoms with E-state index in [-0.39, 0.29) is 5.69 Å². The van der Waals surface area contributed by atoms with Gasteiger partial charge >= 0.3 is 0 Å². The lowest BCUT2D eigenvalue weighted by atomic mass is 10.2. The van der Waals surface area contributed by atoms with Crippen molar-refractivity contribution in [1.82, 2.24) is 10.7 Å². The maximum absolute atomic E-state index is 10.5. The van der Waals surface area contributed by atoms with Crippen molar-refractivity contribution in [3.8, 4) is 0 Å². The smallest absolute Gasteiger partial charge is 0.269 e. The zero-order chi connectivity index (χ0) is 15.8.